The van der Waals surface area contributed by atoms with Crippen LogP contribution in [0.2, 0.25) is 0 Å². The van der Waals surface area contributed by atoms with Crippen molar-refractivity contribution in [1.82, 2.24) is 10.2 Å². The van der Waals surface area contributed by atoms with Gasteiger partial charge in [0, 0.05) is 57.3 Å². The molecule has 1 aromatic rings. The number of hydrogen-bond donors (Lipinski definition) is 2. The van der Waals surface area contributed by atoms with E-state index < -0.39 is 12.1 Å². The number of fused-ring (bicyclic) bond motifs is 1. The van der Waals surface area contributed by atoms with Gasteiger partial charge in [0.15, 0.2) is 0 Å². The Morgan fingerprint density at radius 3 is 2.70 bits per heavy atom. The van der Waals surface area contributed by atoms with Crippen molar-refractivity contribution in [3.63, 3.8) is 0 Å². The lowest BCUT2D eigenvalue weighted by molar-refractivity contribution is -0.192. The van der Waals surface area contributed by atoms with Crippen molar-refractivity contribution in [3.8, 4) is 0 Å². The molecule has 0 bridgehead atoms. The summed E-state index contributed by atoms with van der Waals surface area (Å²) >= 11 is 0. The number of furan rings is 1. The van der Waals surface area contributed by atoms with E-state index >= 15 is 0 Å². The van der Waals surface area contributed by atoms with Gasteiger partial charge in [-0.1, -0.05) is 0 Å². The molecule has 0 aliphatic carbocycles. The molecule has 11 heteroatoms. The Balaban J connectivity index is 0.000000396. The largest absolute Gasteiger partial charge is 0.490 e. The number of carbonyl (C=O) groups is 2. The van der Waals surface area contributed by atoms with Crippen LogP contribution in [-0.4, -0.2) is 74.1 Å². The van der Waals surface area contributed by atoms with Crippen LogP contribution in [0.1, 0.15) is 18.4 Å². The van der Waals surface area contributed by atoms with Crippen LogP contribution in [0.5, 0.6) is 0 Å². The van der Waals surface area contributed by atoms with E-state index in [-0.39, 0.29) is 23.8 Å². The Hall–Kier alpha value is -2.11. The monoisotopic (exact) mass is 436 g/mol. The Morgan fingerprint density at radius 2 is 2.10 bits per heavy atom. The first kappa shape index (κ1) is 24.2. The topological polar surface area (TPSA) is 101 Å². The molecule has 8 nitrogen and oxygen atoms in total. The van der Waals surface area contributed by atoms with Crippen molar-refractivity contribution in [1.29, 1.82) is 0 Å². The number of nitrogens with zero attached hydrogens (tertiary/aromatic N) is 1. The molecule has 0 saturated carbocycles. The van der Waals surface area contributed by atoms with Gasteiger partial charge in [-0.25, -0.2) is 4.79 Å². The molecule has 0 aromatic carbocycles. The van der Waals surface area contributed by atoms with Crippen LogP contribution in [0.25, 0.3) is 0 Å². The highest BCUT2D eigenvalue weighted by molar-refractivity contribution is 5.79. The van der Waals surface area contributed by atoms with Crippen LogP contribution in [0.4, 0.5) is 13.2 Å². The van der Waals surface area contributed by atoms with Crippen molar-refractivity contribution in [2.75, 3.05) is 40.0 Å². The number of methoxy groups -OCH3 is 1. The van der Waals surface area contributed by atoms with Crippen LogP contribution in [0, 0.1) is 11.8 Å². The van der Waals surface area contributed by atoms with Gasteiger partial charge in [0.25, 0.3) is 0 Å². The normalized spacial score (nSPS) is 24.3. The predicted octanol–water partition coefficient (Wildman–Crippen LogP) is 1.90. The van der Waals surface area contributed by atoms with E-state index in [1.807, 2.05) is 6.07 Å². The van der Waals surface area contributed by atoms with E-state index in [2.05, 4.69) is 10.2 Å². The second kappa shape index (κ2) is 11.3. The summed E-state index contributed by atoms with van der Waals surface area (Å²) in [6.07, 6.45) is 0.419. The van der Waals surface area contributed by atoms with Gasteiger partial charge in [0.05, 0.1) is 25.2 Å². The van der Waals surface area contributed by atoms with Crippen LogP contribution in [0.15, 0.2) is 23.0 Å². The molecule has 2 N–H and O–H groups in total. The fourth-order valence-corrected chi connectivity index (χ4v) is 3.70. The first-order valence-corrected chi connectivity index (χ1v) is 9.64. The molecule has 0 radical (unpaired) electrons. The Bertz CT molecular complexity index is 668. The van der Waals surface area contributed by atoms with E-state index in [4.69, 9.17) is 23.8 Å². The molecule has 0 spiro atoms. The summed E-state index contributed by atoms with van der Waals surface area (Å²) in [7, 11) is 1.64. The summed E-state index contributed by atoms with van der Waals surface area (Å²) in [6, 6.07) is 2.00. The molecule has 3 heterocycles. The molecule has 2 aliphatic rings. The summed E-state index contributed by atoms with van der Waals surface area (Å²) in [5.41, 5.74) is 1.18. The van der Waals surface area contributed by atoms with Gasteiger partial charge in [0.1, 0.15) is 0 Å². The zero-order chi connectivity index (χ0) is 22.1. The zero-order valence-corrected chi connectivity index (χ0v) is 16.7. The number of ether oxygens (including phenoxy) is 2. The van der Waals surface area contributed by atoms with E-state index in [9.17, 15) is 18.0 Å². The minimum Gasteiger partial charge on any atom is -0.475 e. The zero-order valence-electron chi connectivity index (χ0n) is 16.7. The lowest BCUT2D eigenvalue weighted by Crippen LogP contribution is -2.53. The summed E-state index contributed by atoms with van der Waals surface area (Å²) in [6.45, 7) is 4.59. The van der Waals surface area contributed by atoms with Gasteiger partial charge in [-0.05, 0) is 18.9 Å². The number of carbonyl (C=O) groups excluding carboxylic acids is 1. The molecular weight excluding hydrogens is 409 g/mol. The SMILES string of the molecule is COCCNC(=O)[C@@H]1CCO[C@@H]2CCN(Cc3ccoc3)C[C@@H]21.O=C(O)C(F)(F)F. The number of carboxylic acid groups (broad SMARTS) is 1. The summed E-state index contributed by atoms with van der Waals surface area (Å²) in [5.74, 6) is -2.30. The molecule has 2 fully saturated rings. The number of carboxylic acids is 1. The lowest BCUT2D eigenvalue weighted by Gasteiger charge is -2.44. The van der Waals surface area contributed by atoms with Gasteiger partial charge >= 0.3 is 12.1 Å². The van der Waals surface area contributed by atoms with Crippen molar-refractivity contribution in [3.05, 3.63) is 24.2 Å². The van der Waals surface area contributed by atoms with E-state index in [0.29, 0.717) is 19.8 Å². The number of hydrogen-bond acceptors (Lipinski definition) is 6. The Morgan fingerprint density at radius 1 is 1.37 bits per heavy atom. The Kier molecular flexibility index (Phi) is 9.12. The molecule has 30 heavy (non-hydrogen) atoms. The number of amides is 1. The minimum absolute atomic E-state index is 0.0396. The van der Waals surface area contributed by atoms with Crippen molar-refractivity contribution in [2.24, 2.45) is 11.8 Å². The lowest BCUT2D eigenvalue weighted by atomic mass is 9.79. The molecular formula is C19H27F3N2O6. The Labute approximate surface area is 172 Å². The maximum Gasteiger partial charge on any atom is 0.490 e. The number of piperidine rings is 1. The molecule has 1 aromatic heterocycles. The highest BCUT2D eigenvalue weighted by atomic mass is 19.4. The molecule has 3 atom stereocenters. The second-order valence-corrected chi connectivity index (χ2v) is 7.21. The number of alkyl halides is 3. The fraction of sp³-hybridized carbons (Fsp3) is 0.684. The standard InChI is InChI=1S/C17H26N2O4.C2HF3O2/c1-21-9-5-18-17(20)14-4-8-23-16-2-6-19(11-15(14)16)10-13-3-7-22-12-13;3-2(4,5)1(6)7/h3,7,12,14-16H,2,4-6,8-11H2,1H3,(H,18,20);(H,6,7)/t14-,15-,16-;/m1./s1. The first-order chi connectivity index (χ1) is 14.2. The van der Waals surface area contributed by atoms with Gasteiger partial charge in [-0.15, -0.1) is 0 Å². The molecule has 1 amide bonds. The van der Waals surface area contributed by atoms with Gasteiger partial charge in [0.2, 0.25) is 5.91 Å². The number of nitrogens with one attached hydrogen (secondary N) is 1. The molecule has 2 saturated heterocycles. The fourth-order valence-electron chi connectivity index (χ4n) is 3.70. The summed E-state index contributed by atoms with van der Waals surface area (Å²) < 4.78 is 47.8. The van der Waals surface area contributed by atoms with Crippen LogP contribution < -0.4 is 5.32 Å². The van der Waals surface area contributed by atoms with Crippen LogP contribution in [-0.2, 0) is 25.6 Å². The second-order valence-electron chi connectivity index (χ2n) is 7.21. The maximum absolute atomic E-state index is 12.5. The number of aliphatic carboxylic acids is 1. The highest BCUT2D eigenvalue weighted by Gasteiger charge is 2.41. The number of halogens is 3. The van der Waals surface area contributed by atoms with Gasteiger partial charge in [-0.2, -0.15) is 13.2 Å². The van der Waals surface area contributed by atoms with Crippen LogP contribution in [0.3, 0.4) is 0 Å². The van der Waals surface area contributed by atoms with Crippen LogP contribution >= 0.6 is 0 Å². The van der Waals surface area contributed by atoms with E-state index in [1.165, 1.54) is 5.56 Å². The van der Waals surface area contributed by atoms with Crippen molar-refractivity contribution in [2.45, 2.75) is 31.7 Å². The average Bonchev–Trinajstić information content (AvgIpc) is 3.20. The smallest absolute Gasteiger partial charge is 0.475 e. The molecule has 3 rings (SSSR count). The molecule has 0 unspecified atom stereocenters. The van der Waals surface area contributed by atoms with Gasteiger partial charge in [-0.3, -0.25) is 9.69 Å². The maximum atomic E-state index is 12.5. The number of rotatable bonds is 6. The third-order valence-corrected chi connectivity index (χ3v) is 5.12. The third-order valence-electron chi connectivity index (χ3n) is 5.12. The van der Waals surface area contributed by atoms with E-state index in [1.54, 1.807) is 19.6 Å². The highest BCUT2D eigenvalue weighted by Crippen LogP contribution is 2.33. The molecule has 2 aliphatic heterocycles. The van der Waals surface area contributed by atoms with Crippen molar-refractivity contribution >= 4 is 11.9 Å². The quantitative estimate of drug-likeness (QED) is 0.657. The predicted molar refractivity (Wildman–Crippen MR) is 98.5 cm³/mol. The van der Waals surface area contributed by atoms with Crippen molar-refractivity contribution < 1.29 is 41.8 Å². The van der Waals surface area contributed by atoms with E-state index in [0.717, 1.165) is 32.5 Å². The first-order valence-electron chi connectivity index (χ1n) is 9.64. The summed E-state index contributed by atoms with van der Waals surface area (Å²) in [4.78, 5) is 23.8. The van der Waals surface area contributed by atoms with Gasteiger partial charge < -0.3 is 24.3 Å². The average molecular weight is 436 g/mol. The molecule has 170 valence electrons. The third kappa shape index (κ3) is 7.29. The number of likely N-dealkylation sites (tertiary alicyclic amines) is 1. The minimum atomic E-state index is -5.08. The summed E-state index contributed by atoms with van der Waals surface area (Å²) in [5, 5.41) is 10.1.